The molecule has 3 rings (SSSR count). The Balaban J connectivity index is 1.61. The van der Waals surface area contributed by atoms with Crippen LogP contribution in [0.2, 0.25) is 0 Å². The van der Waals surface area contributed by atoms with Gasteiger partial charge in [-0.2, -0.15) is 0 Å². The van der Waals surface area contributed by atoms with E-state index in [1.807, 2.05) is 30.3 Å². The second-order valence-electron chi connectivity index (χ2n) is 8.73. The van der Waals surface area contributed by atoms with Crippen LogP contribution in [0, 0.1) is 12.8 Å². The molecule has 0 saturated carbocycles. The average Bonchev–Trinajstić information content (AvgIpc) is 2.77. The summed E-state index contributed by atoms with van der Waals surface area (Å²) in [5, 5.41) is 2.95. The van der Waals surface area contributed by atoms with E-state index >= 15 is 0 Å². The van der Waals surface area contributed by atoms with Gasteiger partial charge in [0.1, 0.15) is 0 Å². The van der Waals surface area contributed by atoms with Gasteiger partial charge in [-0.05, 0) is 67.4 Å². The minimum absolute atomic E-state index is 0.171. The van der Waals surface area contributed by atoms with Crippen LogP contribution in [0.1, 0.15) is 25.0 Å². The SMILES string of the molecule is COc1cc(C=CC(=O)Nc2ccc(N3CCN(C)CC3)c(C)c2)ccc1OCC(C)C. The Kier molecular flexibility index (Phi) is 8.17. The molecule has 0 atom stereocenters. The number of hydrogen-bond donors (Lipinski definition) is 1. The monoisotopic (exact) mass is 437 g/mol. The predicted molar refractivity (Wildman–Crippen MR) is 132 cm³/mol. The highest BCUT2D eigenvalue weighted by Crippen LogP contribution is 2.29. The van der Waals surface area contributed by atoms with Gasteiger partial charge < -0.3 is 24.6 Å². The molecule has 6 heteroatoms. The molecule has 0 bridgehead atoms. The molecule has 1 saturated heterocycles. The maximum Gasteiger partial charge on any atom is 0.248 e. The Morgan fingerprint density at radius 3 is 2.50 bits per heavy atom. The van der Waals surface area contributed by atoms with Gasteiger partial charge in [0.2, 0.25) is 5.91 Å². The van der Waals surface area contributed by atoms with Gasteiger partial charge >= 0.3 is 0 Å². The number of hydrogen-bond acceptors (Lipinski definition) is 5. The molecule has 32 heavy (non-hydrogen) atoms. The predicted octanol–water partition coefficient (Wildman–Crippen LogP) is 4.44. The van der Waals surface area contributed by atoms with E-state index in [1.165, 1.54) is 11.8 Å². The number of benzene rings is 2. The molecule has 2 aromatic rings. The minimum atomic E-state index is -0.171. The van der Waals surface area contributed by atoms with Gasteiger partial charge in [-0.1, -0.05) is 19.9 Å². The fraction of sp³-hybridized carbons (Fsp3) is 0.423. The number of nitrogens with one attached hydrogen (secondary N) is 1. The zero-order chi connectivity index (χ0) is 23.1. The summed E-state index contributed by atoms with van der Waals surface area (Å²) >= 11 is 0. The topological polar surface area (TPSA) is 54.0 Å². The number of aryl methyl sites for hydroxylation is 1. The van der Waals surface area contributed by atoms with Crippen LogP contribution >= 0.6 is 0 Å². The number of likely N-dealkylation sites (N-methyl/N-ethyl adjacent to an activating group) is 1. The standard InChI is InChI=1S/C26H35N3O3/c1-19(2)18-32-24-10-6-21(17-25(24)31-5)7-11-26(30)27-22-8-9-23(20(3)16-22)29-14-12-28(4)13-15-29/h6-11,16-17,19H,12-15,18H2,1-5H3,(H,27,30). The first kappa shape index (κ1) is 23.7. The van der Waals surface area contributed by atoms with Crippen molar-refractivity contribution in [1.82, 2.24) is 4.90 Å². The van der Waals surface area contributed by atoms with Crippen LogP contribution in [0.5, 0.6) is 11.5 Å². The summed E-state index contributed by atoms with van der Waals surface area (Å²) in [5.74, 6) is 1.63. The van der Waals surface area contributed by atoms with Gasteiger partial charge in [0.15, 0.2) is 11.5 Å². The lowest BCUT2D eigenvalue weighted by Crippen LogP contribution is -2.44. The maximum absolute atomic E-state index is 12.4. The molecule has 1 fully saturated rings. The first-order valence-corrected chi connectivity index (χ1v) is 11.2. The lowest BCUT2D eigenvalue weighted by atomic mass is 10.1. The smallest absolute Gasteiger partial charge is 0.248 e. The number of amides is 1. The molecule has 0 unspecified atom stereocenters. The minimum Gasteiger partial charge on any atom is -0.493 e. The molecule has 1 aliphatic heterocycles. The highest BCUT2D eigenvalue weighted by Gasteiger charge is 2.16. The number of methoxy groups -OCH3 is 1. The number of rotatable bonds is 8. The molecular weight excluding hydrogens is 402 g/mol. The number of carbonyl (C=O) groups is 1. The van der Waals surface area contributed by atoms with Gasteiger partial charge in [0.05, 0.1) is 13.7 Å². The molecule has 1 amide bonds. The van der Waals surface area contributed by atoms with Crippen LogP contribution in [-0.2, 0) is 4.79 Å². The quantitative estimate of drug-likeness (QED) is 0.619. The molecule has 0 radical (unpaired) electrons. The summed E-state index contributed by atoms with van der Waals surface area (Å²) in [6, 6.07) is 11.8. The third-order valence-corrected chi connectivity index (χ3v) is 5.50. The summed E-state index contributed by atoms with van der Waals surface area (Å²) in [7, 11) is 3.77. The molecule has 0 spiro atoms. The van der Waals surface area contributed by atoms with Gasteiger partial charge in [-0.25, -0.2) is 0 Å². The summed E-state index contributed by atoms with van der Waals surface area (Å²) < 4.78 is 11.2. The average molecular weight is 438 g/mol. The Hall–Kier alpha value is -2.99. The van der Waals surface area contributed by atoms with E-state index in [0.29, 0.717) is 24.0 Å². The number of nitrogens with zero attached hydrogens (tertiary/aromatic N) is 2. The van der Waals surface area contributed by atoms with E-state index in [2.05, 4.69) is 49.0 Å². The van der Waals surface area contributed by atoms with Crippen molar-refractivity contribution in [2.75, 3.05) is 57.2 Å². The normalized spacial score (nSPS) is 14.8. The van der Waals surface area contributed by atoms with Crippen LogP contribution in [-0.4, -0.2) is 57.8 Å². The van der Waals surface area contributed by atoms with Crippen molar-refractivity contribution in [1.29, 1.82) is 0 Å². The molecule has 172 valence electrons. The van der Waals surface area contributed by atoms with Gasteiger partial charge in [0, 0.05) is 43.6 Å². The summed E-state index contributed by atoms with van der Waals surface area (Å²) in [4.78, 5) is 17.2. The number of carbonyl (C=O) groups excluding carboxylic acids is 1. The van der Waals surface area contributed by atoms with Crippen LogP contribution < -0.4 is 19.7 Å². The van der Waals surface area contributed by atoms with Crippen molar-refractivity contribution in [3.05, 3.63) is 53.6 Å². The van der Waals surface area contributed by atoms with Crippen molar-refractivity contribution in [3.63, 3.8) is 0 Å². The van der Waals surface area contributed by atoms with Gasteiger partial charge in [-0.15, -0.1) is 0 Å². The molecule has 1 aliphatic rings. The number of piperazine rings is 1. The van der Waals surface area contributed by atoms with Gasteiger partial charge in [-0.3, -0.25) is 4.79 Å². The largest absolute Gasteiger partial charge is 0.493 e. The second-order valence-corrected chi connectivity index (χ2v) is 8.73. The first-order chi connectivity index (χ1) is 15.4. The lowest BCUT2D eigenvalue weighted by molar-refractivity contribution is -0.111. The van der Waals surface area contributed by atoms with E-state index < -0.39 is 0 Å². The number of ether oxygens (including phenoxy) is 2. The second kappa shape index (κ2) is 11.0. The van der Waals surface area contributed by atoms with Crippen LogP contribution in [0.15, 0.2) is 42.5 Å². The van der Waals surface area contributed by atoms with Crippen molar-refractivity contribution < 1.29 is 14.3 Å². The van der Waals surface area contributed by atoms with Crippen molar-refractivity contribution >= 4 is 23.4 Å². The summed E-state index contributed by atoms with van der Waals surface area (Å²) in [5.41, 5.74) is 4.07. The molecular formula is C26H35N3O3. The molecule has 1 heterocycles. The summed E-state index contributed by atoms with van der Waals surface area (Å²) in [6.07, 6.45) is 3.31. The van der Waals surface area contributed by atoms with Crippen molar-refractivity contribution in [2.45, 2.75) is 20.8 Å². The molecule has 2 aromatic carbocycles. The molecule has 0 aromatic heterocycles. The summed E-state index contributed by atoms with van der Waals surface area (Å²) in [6.45, 7) is 11.1. The van der Waals surface area contributed by atoms with E-state index in [4.69, 9.17) is 9.47 Å². The Morgan fingerprint density at radius 2 is 1.84 bits per heavy atom. The molecule has 1 N–H and O–H groups in total. The van der Waals surface area contributed by atoms with E-state index in [1.54, 1.807) is 13.2 Å². The van der Waals surface area contributed by atoms with E-state index in [0.717, 1.165) is 43.0 Å². The molecule has 6 nitrogen and oxygen atoms in total. The highest BCUT2D eigenvalue weighted by atomic mass is 16.5. The first-order valence-electron chi connectivity index (χ1n) is 11.2. The molecule has 0 aliphatic carbocycles. The fourth-order valence-electron chi connectivity index (χ4n) is 3.65. The Bertz CT molecular complexity index is 947. The Labute approximate surface area is 191 Å². The zero-order valence-electron chi connectivity index (χ0n) is 19.9. The van der Waals surface area contributed by atoms with Gasteiger partial charge in [0.25, 0.3) is 0 Å². The third kappa shape index (κ3) is 6.50. The van der Waals surface area contributed by atoms with Crippen molar-refractivity contribution in [3.8, 4) is 11.5 Å². The van der Waals surface area contributed by atoms with Crippen LogP contribution in [0.4, 0.5) is 11.4 Å². The zero-order valence-corrected chi connectivity index (χ0v) is 19.9. The van der Waals surface area contributed by atoms with Crippen molar-refractivity contribution in [2.24, 2.45) is 5.92 Å². The lowest BCUT2D eigenvalue weighted by Gasteiger charge is -2.35. The third-order valence-electron chi connectivity index (χ3n) is 5.50. The highest BCUT2D eigenvalue weighted by molar-refractivity contribution is 6.02. The van der Waals surface area contributed by atoms with E-state index in [9.17, 15) is 4.79 Å². The van der Waals surface area contributed by atoms with E-state index in [-0.39, 0.29) is 5.91 Å². The number of anilines is 2. The maximum atomic E-state index is 12.4. The fourth-order valence-corrected chi connectivity index (χ4v) is 3.65. The van der Waals surface area contributed by atoms with Crippen LogP contribution in [0.25, 0.3) is 6.08 Å². The van der Waals surface area contributed by atoms with Crippen LogP contribution in [0.3, 0.4) is 0 Å². The Morgan fingerprint density at radius 1 is 1.09 bits per heavy atom.